The third kappa shape index (κ3) is 2.84. The van der Waals surface area contributed by atoms with Crippen LogP contribution in [0, 0.1) is 0 Å². The highest BCUT2D eigenvalue weighted by Gasteiger charge is 2.42. The van der Waals surface area contributed by atoms with Gasteiger partial charge >= 0.3 is 0 Å². The SMILES string of the molecule is c1cc2c3c(c1)Oc1c(sc4ccc(-c5ccc6c(c5)CC6)cc14)B3c1cccc(-c3ccc4c(c3)CC4)c1O2. The van der Waals surface area contributed by atoms with Crippen molar-refractivity contribution in [3.63, 3.8) is 0 Å². The summed E-state index contributed by atoms with van der Waals surface area (Å²) >= 11 is 1.86. The quantitative estimate of drug-likeness (QED) is 0.221. The second-order valence-electron chi connectivity index (χ2n) is 11.5. The van der Waals surface area contributed by atoms with Crippen LogP contribution in [-0.4, -0.2) is 6.71 Å². The summed E-state index contributed by atoms with van der Waals surface area (Å²) in [4.78, 5) is 0. The largest absolute Gasteiger partial charge is 0.458 e. The van der Waals surface area contributed by atoms with E-state index in [1.807, 2.05) is 11.3 Å². The fourth-order valence-corrected chi connectivity index (χ4v) is 8.31. The van der Waals surface area contributed by atoms with Crippen molar-refractivity contribution < 1.29 is 9.47 Å². The lowest BCUT2D eigenvalue weighted by Gasteiger charge is -2.32. The molecule has 0 bridgehead atoms. The molecule has 4 aliphatic rings. The molecule has 40 heavy (non-hydrogen) atoms. The van der Waals surface area contributed by atoms with Gasteiger partial charge in [-0.05, 0) is 94.4 Å². The predicted octanol–water partition coefficient (Wildman–Crippen LogP) is 7.16. The maximum Gasteiger partial charge on any atom is 0.273 e. The first kappa shape index (κ1) is 21.5. The van der Waals surface area contributed by atoms with E-state index in [2.05, 4.69) is 91.0 Å². The van der Waals surface area contributed by atoms with Crippen LogP contribution in [0.1, 0.15) is 22.3 Å². The summed E-state index contributed by atoms with van der Waals surface area (Å²) < 4.78 is 16.0. The lowest BCUT2D eigenvalue weighted by atomic mass is 9.37. The van der Waals surface area contributed by atoms with E-state index in [0.717, 1.165) is 28.5 Å². The van der Waals surface area contributed by atoms with Crippen molar-refractivity contribution in [2.75, 3.05) is 0 Å². The normalized spacial score (nSPS) is 14.9. The molecule has 2 aliphatic heterocycles. The molecule has 4 heteroatoms. The number of hydrogen-bond acceptors (Lipinski definition) is 3. The highest BCUT2D eigenvalue weighted by Crippen LogP contribution is 2.44. The summed E-state index contributed by atoms with van der Waals surface area (Å²) in [6.07, 6.45) is 4.77. The Bertz CT molecular complexity index is 2090. The number of rotatable bonds is 2. The molecular weight excluding hydrogens is 507 g/mol. The Hall–Kier alpha value is -4.28. The number of fused-ring (bicyclic) bond motifs is 8. The third-order valence-electron chi connectivity index (χ3n) is 9.41. The average Bonchev–Trinajstić information content (AvgIpc) is 3.32. The van der Waals surface area contributed by atoms with Gasteiger partial charge in [-0.25, -0.2) is 0 Å². The van der Waals surface area contributed by atoms with Crippen LogP contribution in [0.2, 0.25) is 0 Å². The van der Waals surface area contributed by atoms with Gasteiger partial charge in [-0.3, -0.25) is 0 Å². The molecule has 188 valence electrons. The van der Waals surface area contributed by atoms with Crippen molar-refractivity contribution >= 4 is 43.8 Å². The van der Waals surface area contributed by atoms with E-state index in [-0.39, 0.29) is 6.71 Å². The van der Waals surface area contributed by atoms with Crippen molar-refractivity contribution in [1.82, 2.24) is 0 Å². The second-order valence-corrected chi connectivity index (χ2v) is 12.6. The molecule has 0 N–H and O–H groups in total. The molecule has 1 aromatic heterocycles. The molecule has 6 aromatic rings. The molecule has 5 aromatic carbocycles. The van der Waals surface area contributed by atoms with Crippen LogP contribution in [0.15, 0.2) is 91.0 Å². The van der Waals surface area contributed by atoms with Crippen LogP contribution < -0.4 is 25.2 Å². The van der Waals surface area contributed by atoms with E-state index in [1.54, 1.807) is 0 Å². The molecule has 0 radical (unpaired) electrons. The van der Waals surface area contributed by atoms with Crippen LogP contribution >= 0.6 is 11.3 Å². The fraction of sp³-hybridized carbons (Fsp3) is 0.111. The minimum absolute atomic E-state index is 0.0858. The first-order valence-corrected chi connectivity index (χ1v) is 15.0. The van der Waals surface area contributed by atoms with E-state index >= 15 is 0 Å². The van der Waals surface area contributed by atoms with Crippen LogP contribution in [-0.2, 0) is 25.7 Å². The van der Waals surface area contributed by atoms with Crippen molar-refractivity contribution in [3.8, 4) is 45.3 Å². The minimum atomic E-state index is 0.0858. The molecule has 2 nitrogen and oxygen atoms in total. The van der Waals surface area contributed by atoms with Crippen molar-refractivity contribution in [1.29, 1.82) is 0 Å². The van der Waals surface area contributed by atoms with E-state index in [1.165, 1.54) is 90.5 Å². The fourth-order valence-electron chi connectivity index (χ4n) is 7.06. The van der Waals surface area contributed by atoms with Crippen molar-refractivity contribution in [3.05, 3.63) is 113 Å². The molecule has 0 saturated carbocycles. The number of benzene rings is 5. The average molecular weight is 530 g/mol. The van der Waals surface area contributed by atoms with Crippen LogP contribution in [0.3, 0.4) is 0 Å². The lowest BCUT2D eigenvalue weighted by molar-refractivity contribution is 0.469. The standard InChI is InChI=1S/C36H23BO2S/c1-3-27(26-14-10-21-8-12-23(21)18-26)34-29(4-1)37-33-30(38-34)5-2-6-31(33)39-35-28-19-25(15-16-32(28)40-36(35)37)24-13-9-20-7-11-22(20)17-24/h1-6,9-10,13-19H,7-8,11-12H2. The van der Waals surface area contributed by atoms with E-state index in [9.17, 15) is 0 Å². The van der Waals surface area contributed by atoms with Crippen molar-refractivity contribution in [2.45, 2.75) is 25.7 Å². The Morgan fingerprint density at radius 2 is 1.23 bits per heavy atom. The summed E-state index contributed by atoms with van der Waals surface area (Å²) in [7, 11) is 0. The Morgan fingerprint density at radius 3 is 1.98 bits per heavy atom. The molecule has 0 amide bonds. The Balaban J connectivity index is 1.17. The summed E-state index contributed by atoms with van der Waals surface area (Å²) in [5, 5.41) is 1.20. The van der Waals surface area contributed by atoms with Gasteiger partial charge < -0.3 is 9.47 Å². The summed E-state index contributed by atoms with van der Waals surface area (Å²) in [6.45, 7) is 0.0858. The summed E-state index contributed by atoms with van der Waals surface area (Å²) in [6, 6.07) is 33.6. The zero-order valence-electron chi connectivity index (χ0n) is 21.8. The van der Waals surface area contributed by atoms with Crippen LogP contribution in [0.5, 0.6) is 23.0 Å². The molecule has 10 rings (SSSR count). The van der Waals surface area contributed by atoms with Gasteiger partial charge in [0, 0.05) is 25.9 Å². The minimum Gasteiger partial charge on any atom is -0.458 e. The predicted molar refractivity (Wildman–Crippen MR) is 165 cm³/mol. The van der Waals surface area contributed by atoms with E-state index in [4.69, 9.17) is 9.47 Å². The Morgan fingerprint density at radius 1 is 0.575 bits per heavy atom. The Kier molecular flexibility index (Phi) is 4.13. The molecular formula is C36H23BO2S. The maximum absolute atomic E-state index is 6.72. The first-order chi connectivity index (χ1) is 19.8. The zero-order chi connectivity index (χ0) is 25.9. The summed E-state index contributed by atoms with van der Waals surface area (Å²) in [5.74, 6) is 3.78. The van der Waals surface area contributed by atoms with Gasteiger partial charge in [-0.1, -0.05) is 66.7 Å². The molecule has 0 atom stereocenters. The molecule has 0 saturated heterocycles. The number of ether oxygens (including phenoxy) is 2. The topological polar surface area (TPSA) is 18.5 Å². The maximum atomic E-state index is 6.72. The summed E-state index contributed by atoms with van der Waals surface area (Å²) in [5.41, 5.74) is 13.2. The van der Waals surface area contributed by atoms with Gasteiger partial charge in [0.05, 0.1) is 0 Å². The van der Waals surface area contributed by atoms with Gasteiger partial charge in [0.25, 0.3) is 6.71 Å². The number of thiophene rings is 1. The van der Waals surface area contributed by atoms with Crippen LogP contribution in [0.25, 0.3) is 32.3 Å². The number of aryl methyl sites for hydroxylation is 4. The van der Waals surface area contributed by atoms with Gasteiger partial charge in [0.15, 0.2) is 0 Å². The molecule has 3 heterocycles. The smallest absolute Gasteiger partial charge is 0.273 e. The zero-order valence-corrected chi connectivity index (χ0v) is 22.6. The lowest BCUT2D eigenvalue weighted by Crippen LogP contribution is -2.56. The molecule has 0 unspecified atom stereocenters. The van der Waals surface area contributed by atoms with Crippen LogP contribution in [0.4, 0.5) is 0 Å². The second kappa shape index (κ2) is 7.68. The van der Waals surface area contributed by atoms with E-state index in [0.29, 0.717) is 0 Å². The highest BCUT2D eigenvalue weighted by atomic mass is 32.1. The molecule has 0 fully saturated rings. The van der Waals surface area contributed by atoms with Gasteiger partial charge in [0.1, 0.15) is 23.0 Å². The third-order valence-corrected chi connectivity index (χ3v) is 10.6. The van der Waals surface area contributed by atoms with Gasteiger partial charge in [0.2, 0.25) is 0 Å². The van der Waals surface area contributed by atoms with Crippen molar-refractivity contribution in [2.24, 2.45) is 0 Å². The molecule has 0 spiro atoms. The van der Waals surface area contributed by atoms with E-state index < -0.39 is 0 Å². The first-order valence-electron chi connectivity index (χ1n) is 14.2. The number of para-hydroxylation sites is 1. The van der Waals surface area contributed by atoms with Gasteiger partial charge in [-0.2, -0.15) is 0 Å². The Labute approximate surface area is 236 Å². The monoisotopic (exact) mass is 530 g/mol. The highest BCUT2D eigenvalue weighted by molar-refractivity contribution is 7.33. The van der Waals surface area contributed by atoms with Gasteiger partial charge in [-0.15, -0.1) is 11.3 Å². The molecule has 2 aliphatic carbocycles. The number of hydrogen-bond donors (Lipinski definition) is 0.